The van der Waals surface area contributed by atoms with Crippen molar-refractivity contribution in [3.8, 4) is 5.75 Å². The minimum Gasteiger partial charge on any atom is -0.488 e. The quantitative estimate of drug-likeness (QED) is 0.545. The number of rotatable bonds is 8. The first-order valence-corrected chi connectivity index (χ1v) is 10.7. The van der Waals surface area contributed by atoms with Gasteiger partial charge in [-0.05, 0) is 32.4 Å². The van der Waals surface area contributed by atoms with Gasteiger partial charge >= 0.3 is 12.0 Å². The summed E-state index contributed by atoms with van der Waals surface area (Å²) < 4.78 is 11.6. The van der Waals surface area contributed by atoms with Crippen molar-refractivity contribution in [2.75, 3.05) is 0 Å². The lowest BCUT2D eigenvalue weighted by molar-refractivity contribution is -0.143. The van der Waals surface area contributed by atoms with Crippen molar-refractivity contribution in [2.24, 2.45) is 0 Å². The SMILES string of the molecule is CCCC1=C(C(=O)OC(C)C)C(c2ccccc2OCc2ccccc2Cl)NC(=O)N1. The van der Waals surface area contributed by atoms with E-state index in [0.717, 1.165) is 12.0 Å². The Hall–Kier alpha value is -2.99. The highest BCUT2D eigenvalue weighted by atomic mass is 35.5. The second-order valence-corrected chi connectivity index (χ2v) is 7.95. The fourth-order valence-corrected chi connectivity index (χ4v) is 3.63. The largest absolute Gasteiger partial charge is 0.488 e. The zero-order valence-corrected chi connectivity index (χ0v) is 18.7. The average molecular weight is 443 g/mol. The Labute approximate surface area is 187 Å². The summed E-state index contributed by atoms with van der Waals surface area (Å²) >= 11 is 6.25. The number of allylic oxidation sites excluding steroid dienone is 1. The summed E-state index contributed by atoms with van der Waals surface area (Å²) in [5, 5.41) is 6.25. The van der Waals surface area contributed by atoms with E-state index < -0.39 is 12.0 Å². The number of benzene rings is 2. The van der Waals surface area contributed by atoms with Crippen molar-refractivity contribution >= 4 is 23.6 Å². The number of ether oxygens (including phenoxy) is 2. The molecule has 3 rings (SSSR count). The van der Waals surface area contributed by atoms with Crippen LogP contribution in [0.25, 0.3) is 0 Å². The molecule has 1 aliphatic rings. The van der Waals surface area contributed by atoms with Crippen molar-refractivity contribution in [1.29, 1.82) is 0 Å². The number of halogens is 1. The van der Waals surface area contributed by atoms with Gasteiger partial charge < -0.3 is 20.1 Å². The molecule has 0 radical (unpaired) electrons. The van der Waals surface area contributed by atoms with Crippen LogP contribution in [0.1, 0.15) is 50.8 Å². The first kappa shape index (κ1) is 22.7. The Morgan fingerprint density at radius 3 is 2.55 bits per heavy atom. The Balaban J connectivity index is 1.98. The van der Waals surface area contributed by atoms with Crippen LogP contribution >= 0.6 is 11.6 Å². The molecule has 0 spiro atoms. The molecule has 0 saturated heterocycles. The van der Waals surface area contributed by atoms with Gasteiger partial charge in [0.2, 0.25) is 0 Å². The number of esters is 1. The Morgan fingerprint density at radius 1 is 1.13 bits per heavy atom. The number of amides is 2. The lowest BCUT2D eigenvalue weighted by Crippen LogP contribution is -2.46. The first-order valence-electron chi connectivity index (χ1n) is 10.4. The van der Waals surface area contributed by atoms with Crippen molar-refractivity contribution in [3.05, 3.63) is 76.0 Å². The van der Waals surface area contributed by atoms with Gasteiger partial charge in [-0.3, -0.25) is 0 Å². The Kier molecular flexibility index (Phi) is 7.58. The zero-order chi connectivity index (χ0) is 22.4. The number of carbonyl (C=O) groups excluding carboxylic acids is 2. The van der Waals surface area contributed by atoms with Crippen LogP contribution in [0.2, 0.25) is 5.02 Å². The van der Waals surface area contributed by atoms with E-state index in [1.54, 1.807) is 19.9 Å². The minimum atomic E-state index is -0.691. The Bertz CT molecular complexity index is 987. The summed E-state index contributed by atoms with van der Waals surface area (Å²) in [6.45, 7) is 5.83. The van der Waals surface area contributed by atoms with Gasteiger partial charge in [0, 0.05) is 21.8 Å². The van der Waals surface area contributed by atoms with E-state index in [-0.39, 0.29) is 18.7 Å². The number of carbonyl (C=O) groups is 2. The molecule has 0 saturated carbocycles. The third-order valence-electron chi connectivity index (χ3n) is 4.79. The van der Waals surface area contributed by atoms with Gasteiger partial charge in [0.25, 0.3) is 0 Å². The van der Waals surface area contributed by atoms with Gasteiger partial charge in [0.15, 0.2) is 0 Å². The predicted molar refractivity (Wildman–Crippen MR) is 120 cm³/mol. The molecular formula is C24H27ClN2O4. The maximum absolute atomic E-state index is 13.0. The predicted octanol–water partition coefficient (Wildman–Crippen LogP) is 5.28. The smallest absolute Gasteiger partial charge is 0.338 e. The van der Waals surface area contributed by atoms with E-state index in [0.29, 0.717) is 34.0 Å². The molecule has 6 nitrogen and oxygen atoms in total. The van der Waals surface area contributed by atoms with Crippen molar-refractivity contribution in [1.82, 2.24) is 10.6 Å². The van der Waals surface area contributed by atoms with Gasteiger partial charge in [0.1, 0.15) is 12.4 Å². The van der Waals surface area contributed by atoms with E-state index >= 15 is 0 Å². The van der Waals surface area contributed by atoms with Crippen molar-refractivity contribution in [3.63, 3.8) is 0 Å². The summed E-state index contributed by atoms with van der Waals surface area (Å²) in [5.74, 6) is 0.0946. The van der Waals surface area contributed by atoms with Crippen LogP contribution in [0.15, 0.2) is 59.8 Å². The molecule has 1 atom stereocenters. The molecule has 0 fully saturated rings. The zero-order valence-electron chi connectivity index (χ0n) is 17.9. The second-order valence-electron chi connectivity index (χ2n) is 7.55. The van der Waals surface area contributed by atoms with Crippen molar-refractivity contribution in [2.45, 2.75) is 52.4 Å². The number of nitrogens with one attached hydrogen (secondary N) is 2. The summed E-state index contributed by atoms with van der Waals surface area (Å²) in [7, 11) is 0. The molecule has 0 aromatic heterocycles. The van der Waals surface area contributed by atoms with Crippen LogP contribution < -0.4 is 15.4 Å². The monoisotopic (exact) mass is 442 g/mol. The molecule has 1 aliphatic heterocycles. The van der Waals surface area contributed by atoms with E-state index in [1.807, 2.05) is 49.4 Å². The maximum Gasteiger partial charge on any atom is 0.338 e. The summed E-state index contributed by atoms with van der Waals surface area (Å²) in [6.07, 6.45) is 1.04. The number of para-hydroxylation sites is 1. The highest BCUT2D eigenvalue weighted by Crippen LogP contribution is 2.35. The van der Waals surface area contributed by atoms with Crippen molar-refractivity contribution < 1.29 is 19.1 Å². The molecule has 0 bridgehead atoms. The van der Waals surface area contributed by atoms with E-state index in [1.165, 1.54) is 0 Å². The molecule has 2 aromatic rings. The third-order valence-corrected chi connectivity index (χ3v) is 5.16. The molecular weight excluding hydrogens is 416 g/mol. The fraction of sp³-hybridized carbons (Fsp3) is 0.333. The molecule has 1 unspecified atom stereocenters. The van der Waals surface area contributed by atoms with Gasteiger partial charge in [-0.1, -0.05) is 61.3 Å². The van der Waals surface area contributed by atoms with Crippen LogP contribution in [0, 0.1) is 0 Å². The topological polar surface area (TPSA) is 76.7 Å². The van der Waals surface area contributed by atoms with Crippen LogP contribution in [-0.2, 0) is 16.1 Å². The van der Waals surface area contributed by atoms with E-state index in [4.69, 9.17) is 21.1 Å². The third kappa shape index (κ3) is 5.58. The first-order chi connectivity index (χ1) is 14.9. The molecule has 164 valence electrons. The van der Waals surface area contributed by atoms with E-state index in [9.17, 15) is 9.59 Å². The highest BCUT2D eigenvalue weighted by Gasteiger charge is 2.35. The molecule has 7 heteroatoms. The number of hydrogen-bond acceptors (Lipinski definition) is 4. The molecule has 0 aliphatic carbocycles. The molecule has 2 N–H and O–H groups in total. The fourth-order valence-electron chi connectivity index (χ4n) is 3.44. The lowest BCUT2D eigenvalue weighted by Gasteiger charge is -2.30. The van der Waals surface area contributed by atoms with Gasteiger partial charge in [-0.2, -0.15) is 0 Å². The summed E-state index contributed by atoms with van der Waals surface area (Å²) in [4.78, 5) is 25.4. The standard InChI is InChI=1S/C24H27ClN2O4/c1-4-9-19-21(23(28)31-15(2)3)22(27-24(29)26-19)17-11-6-8-13-20(17)30-14-16-10-5-7-12-18(16)25/h5-8,10-13,15,22H,4,9,14H2,1-3H3,(H2,26,27,29). The summed E-state index contributed by atoms with van der Waals surface area (Å²) in [6, 6.07) is 13.7. The van der Waals surface area contributed by atoms with Gasteiger partial charge in [-0.25, -0.2) is 9.59 Å². The summed E-state index contributed by atoms with van der Waals surface area (Å²) in [5.41, 5.74) is 2.48. The lowest BCUT2D eigenvalue weighted by atomic mass is 9.93. The van der Waals surface area contributed by atoms with Crippen LogP contribution in [0.4, 0.5) is 4.79 Å². The molecule has 2 aromatic carbocycles. The number of hydrogen-bond donors (Lipinski definition) is 2. The van der Waals surface area contributed by atoms with Gasteiger partial charge in [0.05, 0.1) is 17.7 Å². The Morgan fingerprint density at radius 2 is 1.84 bits per heavy atom. The van der Waals surface area contributed by atoms with Crippen LogP contribution in [0.3, 0.4) is 0 Å². The molecule has 31 heavy (non-hydrogen) atoms. The second kappa shape index (κ2) is 10.4. The molecule has 1 heterocycles. The minimum absolute atomic E-state index is 0.257. The molecule has 2 amide bonds. The van der Waals surface area contributed by atoms with Crippen LogP contribution in [0.5, 0.6) is 5.75 Å². The van der Waals surface area contributed by atoms with Crippen LogP contribution in [-0.4, -0.2) is 18.1 Å². The van der Waals surface area contributed by atoms with E-state index in [2.05, 4.69) is 10.6 Å². The normalized spacial score (nSPS) is 16.0. The number of urea groups is 1. The average Bonchev–Trinajstić information content (AvgIpc) is 2.72. The van der Waals surface area contributed by atoms with Gasteiger partial charge in [-0.15, -0.1) is 0 Å². The maximum atomic E-state index is 13.0. The highest BCUT2D eigenvalue weighted by molar-refractivity contribution is 6.31.